The maximum atomic E-state index is 11.5. The predicted molar refractivity (Wildman–Crippen MR) is 52.1 cm³/mol. The Kier molecular flexibility index (Phi) is 2.37. The lowest BCUT2D eigenvalue weighted by molar-refractivity contribution is -0.135. The van der Waals surface area contributed by atoms with Gasteiger partial charge in [-0.1, -0.05) is 6.07 Å². The van der Waals surface area contributed by atoms with E-state index in [0.717, 1.165) is 0 Å². The first-order valence-electron chi connectivity index (χ1n) is 4.69. The number of hydrogen-bond donors (Lipinski definition) is 1. The van der Waals surface area contributed by atoms with Gasteiger partial charge >= 0.3 is 0 Å². The first kappa shape index (κ1) is 9.64. The van der Waals surface area contributed by atoms with Crippen molar-refractivity contribution in [3.05, 3.63) is 34.7 Å². The standard InChI is InChI=1S/C10H10N2O3/c13-8-5-4-7(10(15)11-8)12-6-2-1-3-9(12)14/h1-3,6-7H,4-5H2,(H,11,13,15). The second kappa shape index (κ2) is 3.68. The van der Waals surface area contributed by atoms with E-state index in [9.17, 15) is 14.4 Å². The SMILES string of the molecule is O=C1CCC(n2ccccc2=O)C(=O)N1. The molecular formula is C10H10N2O3. The van der Waals surface area contributed by atoms with Gasteiger partial charge in [0.2, 0.25) is 11.8 Å². The number of hydrogen-bond acceptors (Lipinski definition) is 3. The average Bonchev–Trinajstić information content (AvgIpc) is 2.20. The molecule has 5 heteroatoms. The van der Waals surface area contributed by atoms with Crippen LogP contribution in [0.2, 0.25) is 0 Å². The minimum atomic E-state index is -0.559. The van der Waals surface area contributed by atoms with Gasteiger partial charge in [0.25, 0.3) is 5.56 Å². The van der Waals surface area contributed by atoms with Crippen LogP contribution in [0.3, 0.4) is 0 Å². The molecule has 5 nitrogen and oxygen atoms in total. The molecule has 1 fully saturated rings. The molecule has 0 radical (unpaired) electrons. The summed E-state index contributed by atoms with van der Waals surface area (Å²) in [5.74, 6) is -0.681. The maximum Gasteiger partial charge on any atom is 0.251 e. The fraction of sp³-hybridized carbons (Fsp3) is 0.300. The van der Waals surface area contributed by atoms with Crippen LogP contribution >= 0.6 is 0 Å². The van der Waals surface area contributed by atoms with Crippen LogP contribution in [-0.4, -0.2) is 16.4 Å². The van der Waals surface area contributed by atoms with Gasteiger partial charge in [-0.3, -0.25) is 19.7 Å². The van der Waals surface area contributed by atoms with Gasteiger partial charge in [0.05, 0.1) is 0 Å². The van der Waals surface area contributed by atoms with Crippen molar-refractivity contribution in [1.29, 1.82) is 0 Å². The van der Waals surface area contributed by atoms with Crippen molar-refractivity contribution in [3.63, 3.8) is 0 Å². The second-order valence-corrected chi connectivity index (χ2v) is 3.41. The number of rotatable bonds is 1. The van der Waals surface area contributed by atoms with E-state index in [2.05, 4.69) is 5.32 Å². The fourth-order valence-corrected chi connectivity index (χ4v) is 1.64. The summed E-state index contributed by atoms with van der Waals surface area (Å²) in [4.78, 5) is 33.8. The number of nitrogens with one attached hydrogen (secondary N) is 1. The van der Waals surface area contributed by atoms with Crippen LogP contribution in [-0.2, 0) is 9.59 Å². The molecule has 0 aliphatic carbocycles. The lowest BCUT2D eigenvalue weighted by Gasteiger charge is -2.22. The second-order valence-electron chi connectivity index (χ2n) is 3.41. The number of amides is 2. The Labute approximate surface area is 85.7 Å². The van der Waals surface area contributed by atoms with Gasteiger partial charge in [0.15, 0.2) is 0 Å². The first-order valence-corrected chi connectivity index (χ1v) is 4.69. The van der Waals surface area contributed by atoms with Crippen LogP contribution in [0.4, 0.5) is 0 Å². The average molecular weight is 206 g/mol. The maximum absolute atomic E-state index is 11.5. The molecule has 2 amide bonds. The molecule has 1 unspecified atom stereocenters. The number of aromatic nitrogens is 1. The van der Waals surface area contributed by atoms with E-state index < -0.39 is 11.9 Å². The number of carbonyl (C=O) groups excluding carboxylic acids is 2. The highest BCUT2D eigenvalue weighted by Gasteiger charge is 2.27. The van der Waals surface area contributed by atoms with E-state index in [-0.39, 0.29) is 17.9 Å². The summed E-state index contributed by atoms with van der Waals surface area (Å²) in [6, 6.07) is 4.14. The summed E-state index contributed by atoms with van der Waals surface area (Å²) in [7, 11) is 0. The summed E-state index contributed by atoms with van der Waals surface area (Å²) >= 11 is 0. The van der Waals surface area contributed by atoms with Crippen molar-refractivity contribution in [3.8, 4) is 0 Å². The molecule has 2 heterocycles. The Hall–Kier alpha value is -1.91. The Morgan fingerprint density at radius 1 is 1.27 bits per heavy atom. The topological polar surface area (TPSA) is 68.2 Å². The number of imide groups is 1. The van der Waals surface area contributed by atoms with Crippen molar-refractivity contribution >= 4 is 11.8 Å². The van der Waals surface area contributed by atoms with Crippen LogP contribution in [0.1, 0.15) is 18.9 Å². The Balaban J connectivity index is 2.32. The van der Waals surface area contributed by atoms with E-state index >= 15 is 0 Å². The quantitative estimate of drug-likeness (QED) is 0.648. The summed E-state index contributed by atoms with van der Waals surface area (Å²) in [5.41, 5.74) is -0.230. The monoisotopic (exact) mass is 206 g/mol. The minimum absolute atomic E-state index is 0.230. The summed E-state index contributed by atoms with van der Waals surface area (Å²) in [5, 5.41) is 2.22. The highest BCUT2D eigenvalue weighted by Crippen LogP contribution is 2.15. The fourth-order valence-electron chi connectivity index (χ4n) is 1.64. The summed E-state index contributed by atoms with van der Waals surface area (Å²) in [6.07, 6.45) is 2.22. The molecule has 1 aliphatic rings. The normalized spacial score (nSPS) is 21.2. The number of piperidine rings is 1. The number of nitrogens with zero attached hydrogens (tertiary/aromatic N) is 1. The van der Waals surface area contributed by atoms with Crippen LogP contribution in [0.25, 0.3) is 0 Å². The highest BCUT2D eigenvalue weighted by molar-refractivity contribution is 5.99. The van der Waals surface area contributed by atoms with Gasteiger partial charge in [-0.2, -0.15) is 0 Å². The van der Waals surface area contributed by atoms with Crippen molar-refractivity contribution in [1.82, 2.24) is 9.88 Å². The van der Waals surface area contributed by atoms with E-state index in [4.69, 9.17) is 0 Å². The van der Waals surface area contributed by atoms with Crippen molar-refractivity contribution in [2.75, 3.05) is 0 Å². The molecule has 1 aromatic heterocycles. The Morgan fingerprint density at radius 2 is 2.07 bits per heavy atom. The largest absolute Gasteiger partial charge is 0.303 e. The zero-order chi connectivity index (χ0) is 10.8. The van der Waals surface area contributed by atoms with E-state index in [1.165, 1.54) is 10.6 Å². The molecule has 0 saturated carbocycles. The van der Waals surface area contributed by atoms with Crippen molar-refractivity contribution < 1.29 is 9.59 Å². The molecule has 0 aromatic carbocycles. The van der Waals surface area contributed by atoms with E-state index in [0.29, 0.717) is 6.42 Å². The molecule has 0 bridgehead atoms. The summed E-state index contributed by atoms with van der Waals surface area (Å²) in [6.45, 7) is 0. The molecule has 1 N–H and O–H groups in total. The lowest BCUT2D eigenvalue weighted by Crippen LogP contribution is -2.44. The van der Waals surface area contributed by atoms with Gasteiger partial charge in [0, 0.05) is 18.7 Å². The highest BCUT2D eigenvalue weighted by atomic mass is 16.2. The predicted octanol–water partition coefficient (Wildman–Crippen LogP) is -0.174. The molecule has 78 valence electrons. The molecule has 0 spiro atoms. The zero-order valence-corrected chi connectivity index (χ0v) is 7.97. The van der Waals surface area contributed by atoms with Crippen molar-refractivity contribution in [2.24, 2.45) is 0 Å². The van der Waals surface area contributed by atoms with Crippen LogP contribution in [0.5, 0.6) is 0 Å². The van der Waals surface area contributed by atoms with Crippen LogP contribution < -0.4 is 10.9 Å². The molecule has 1 saturated heterocycles. The van der Waals surface area contributed by atoms with Gasteiger partial charge in [0.1, 0.15) is 6.04 Å². The third-order valence-electron chi connectivity index (χ3n) is 2.40. The van der Waals surface area contributed by atoms with E-state index in [1.807, 2.05) is 0 Å². The molecule has 1 atom stereocenters. The minimum Gasteiger partial charge on any atom is -0.303 e. The van der Waals surface area contributed by atoms with Gasteiger partial charge in [-0.15, -0.1) is 0 Å². The lowest BCUT2D eigenvalue weighted by atomic mass is 10.1. The molecule has 15 heavy (non-hydrogen) atoms. The Bertz CT molecular complexity index is 464. The van der Waals surface area contributed by atoms with Gasteiger partial charge < -0.3 is 4.57 Å². The summed E-state index contributed by atoms with van der Waals surface area (Å²) < 4.78 is 1.35. The van der Waals surface area contributed by atoms with Crippen molar-refractivity contribution in [2.45, 2.75) is 18.9 Å². The van der Waals surface area contributed by atoms with Crippen LogP contribution in [0, 0.1) is 0 Å². The Morgan fingerprint density at radius 3 is 2.73 bits per heavy atom. The third kappa shape index (κ3) is 1.81. The molecule has 1 aliphatic heterocycles. The smallest absolute Gasteiger partial charge is 0.251 e. The third-order valence-corrected chi connectivity index (χ3v) is 2.40. The zero-order valence-electron chi connectivity index (χ0n) is 7.97. The first-order chi connectivity index (χ1) is 7.18. The number of carbonyl (C=O) groups is 2. The van der Waals surface area contributed by atoms with Crippen LogP contribution in [0.15, 0.2) is 29.2 Å². The molecular weight excluding hydrogens is 196 g/mol. The number of pyridine rings is 1. The van der Waals surface area contributed by atoms with Gasteiger partial charge in [-0.25, -0.2) is 0 Å². The van der Waals surface area contributed by atoms with E-state index in [1.54, 1.807) is 18.3 Å². The molecule has 2 rings (SSSR count). The van der Waals surface area contributed by atoms with Gasteiger partial charge in [-0.05, 0) is 12.5 Å². The molecule has 1 aromatic rings.